The highest BCUT2D eigenvalue weighted by atomic mass is 32.1. The third kappa shape index (κ3) is 4.95. The first kappa shape index (κ1) is 23.6. The molecule has 2 aromatic carbocycles. The number of nitrogens with zero attached hydrogens (tertiary/aromatic N) is 3. The number of aromatic nitrogens is 3. The van der Waals surface area contributed by atoms with Gasteiger partial charge < -0.3 is 9.47 Å². The Morgan fingerprint density at radius 1 is 1.25 bits per heavy atom. The normalized spacial score (nSPS) is 18.5. The average Bonchev–Trinajstić information content (AvgIpc) is 3.54. The molecule has 0 unspecified atom stereocenters. The van der Waals surface area contributed by atoms with Crippen LogP contribution in [0.1, 0.15) is 34.5 Å². The summed E-state index contributed by atoms with van der Waals surface area (Å²) < 4.78 is 11.2. The van der Waals surface area contributed by atoms with Gasteiger partial charge in [-0.25, -0.2) is 9.99 Å². The lowest BCUT2D eigenvalue weighted by molar-refractivity contribution is 0.0702. The van der Waals surface area contributed by atoms with Crippen molar-refractivity contribution in [2.75, 3.05) is 13.8 Å². The first-order valence-electron chi connectivity index (χ1n) is 11.5. The number of nitrogens with one attached hydrogen (secondary N) is 2. The number of thiol groups is 1. The van der Waals surface area contributed by atoms with Gasteiger partial charge in [0.05, 0.1) is 23.6 Å². The molecule has 0 bridgehead atoms. The lowest BCUT2D eigenvalue weighted by Gasteiger charge is -2.28. The van der Waals surface area contributed by atoms with E-state index >= 15 is 0 Å². The van der Waals surface area contributed by atoms with Crippen molar-refractivity contribution in [3.8, 4) is 17.6 Å². The monoisotopic (exact) mass is 499 g/mol. The minimum absolute atomic E-state index is 0.0585. The number of carbonyl (C=O) groups is 1. The summed E-state index contributed by atoms with van der Waals surface area (Å²) in [6.07, 6.45) is 2.60. The van der Waals surface area contributed by atoms with E-state index in [1.165, 1.54) is 0 Å². The Kier molecular flexibility index (Phi) is 6.69. The van der Waals surface area contributed by atoms with Crippen molar-refractivity contribution in [2.45, 2.75) is 18.6 Å². The first-order chi connectivity index (χ1) is 17.5. The number of carbonyl (C=O) groups excluding carboxylic acids is 1. The molecule has 1 aromatic heterocycles. The molecule has 0 fully saturated rings. The number of aromatic amines is 1. The number of amides is 1. The van der Waals surface area contributed by atoms with Crippen molar-refractivity contribution >= 4 is 18.5 Å². The van der Waals surface area contributed by atoms with E-state index in [0.29, 0.717) is 18.0 Å². The summed E-state index contributed by atoms with van der Waals surface area (Å²) in [4.78, 5) is 17.3. The summed E-state index contributed by atoms with van der Waals surface area (Å²) in [5.74, 6) is 8.05. The zero-order chi connectivity index (χ0) is 25.1. The summed E-state index contributed by atoms with van der Waals surface area (Å²) in [6, 6.07) is 17.4. The van der Waals surface area contributed by atoms with Gasteiger partial charge in [0.2, 0.25) is 5.82 Å². The first-order valence-corrected chi connectivity index (χ1v) is 12.0. The molecule has 1 aliphatic heterocycles. The molecule has 0 saturated carbocycles. The van der Waals surface area contributed by atoms with Crippen LogP contribution in [0.25, 0.3) is 0 Å². The zero-order valence-electron chi connectivity index (χ0n) is 19.9. The van der Waals surface area contributed by atoms with Crippen LogP contribution in [0.4, 0.5) is 0 Å². The zero-order valence-corrected chi connectivity index (χ0v) is 20.8. The molecule has 0 spiro atoms. The summed E-state index contributed by atoms with van der Waals surface area (Å²) in [7, 11) is 1.62. The van der Waals surface area contributed by atoms with E-state index < -0.39 is 5.91 Å². The quantitative estimate of drug-likeness (QED) is 0.368. The Balaban J connectivity index is 1.33. The van der Waals surface area contributed by atoms with Gasteiger partial charge in [0.1, 0.15) is 11.6 Å². The van der Waals surface area contributed by atoms with Gasteiger partial charge in [0.15, 0.2) is 12.5 Å². The Bertz CT molecular complexity index is 1400. The van der Waals surface area contributed by atoms with Crippen LogP contribution in [-0.2, 0) is 11.2 Å². The van der Waals surface area contributed by atoms with Crippen molar-refractivity contribution in [1.29, 1.82) is 0 Å². The molecular weight excluding hydrogens is 474 g/mol. The van der Waals surface area contributed by atoms with Gasteiger partial charge in [-0.05, 0) is 29.7 Å². The van der Waals surface area contributed by atoms with Gasteiger partial charge in [0, 0.05) is 12.0 Å². The van der Waals surface area contributed by atoms with Gasteiger partial charge in [0.25, 0.3) is 0 Å². The minimum Gasteiger partial charge on any atom is -0.497 e. The molecule has 36 heavy (non-hydrogen) atoms. The molecule has 182 valence electrons. The largest absolute Gasteiger partial charge is 0.497 e. The van der Waals surface area contributed by atoms with Crippen LogP contribution in [0.15, 0.2) is 77.7 Å². The molecular formula is C27H25N5O3S. The van der Waals surface area contributed by atoms with E-state index in [0.717, 1.165) is 28.1 Å². The molecule has 8 nitrogen and oxygen atoms in total. The van der Waals surface area contributed by atoms with Crippen molar-refractivity contribution < 1.29 is 14.3 Å². The Morgan fingerprint density at radius 3 is 2.89 bits per heavy atom. The second kappa shape index (κ2) is 10.2. The van der Waals surface area contributed by atoms with E-state index in [1.807, 2.05) is 60.7 Å². The van der Waals surface area contributed by atoms with Crippen molar-refractivity contribution in [2.24, 2.45) is 5.92 Å². The number of hydrogen-bond acceptors (Lipinski definition) is 7. The molecule has 2 atom stereocenters. The second-order valence-electron chi connectivity index (χ2n) is 8.49. The summed E-state index contributed by atoms with van der Waals surface area (Å²) in [6.45, 7) is 2.19. The fraction of sp³-hybridized carbons (Fsp3) is 0.222. The molecule has 1 aliphatic carbocycles. The van der Waals surface area contributed by atoms with Crippen LogP contribution in [0.5, 0.6) is 5.75 Å². The maximum absolute atomic E-state index is 12.9. The third-order valence-electron chi connectivity index (χ3n) is 5.91. The maximum Gasteiger partial charge on any atom is 0.309 e. The molecule has 1 amide bonds. The number of benzene rings is 2. The number of ether oxygens (including phenoxy) is 2. The van der Waals surface area contributed by atoms with E-state index in [1.54, 1.807) is 12.1 Å². The molecule has 2 N–H and O–H groups in total. The highest BCUT2D eigenvalue weighted by molar-refractivity contribution is 7.81. The van der Waals surface area contributed by atoms with Gasteiger partial charge in [-0.1, -0.05) is 61.2 Å². The Labute approximate surface area is 214 Å². The Hall–Kier alpha value is -4.16. The van der Waals surface area contributed by atoms with Crippen LogP contribution < -0.4 is 10.2 Å². The summed E-state index contributed by atoms with van der Waals surface area (Å²) in [5.41, 5.74) is 6.28. The van der Waals surface area contributed by atoms with Gasteiger partial charge in [-0.15, -0.1) is 5.10 Å². The molecule has 3 aromatic rings. The molecule has 5 rings (SSSR count). The van der Waals surface area contributed by atoms with Crippen LogP contribution in [0.3, 0.4) is 0 Å². The smallest absolute Gasteiger partial charge is 0.309 e. The third-order valence-corrected chi connectivity index (χ3v) is 6.63. The number of H-pyrrole nitrogens is 1. The highest BCUT2D eigenvalue weighted by Gasteiger charge is 2.37. The lowest BCUT2D eigenvalue weighted by atomic mass is 9.93. The topological polar surface area (TPSA) is 92.4 Å². The number of hydrogen-bond donors (Lipinski definition) is 3. The maximum atomic E-state index is 12.9. The van der Waals surface area contributed by atoms with Crippen molar-refractivity contribution in [3.63, 3.8) is 0 Å². The summed E-state index contributed by atoms with van der Waals surface area (Å²) >= 11 is 4.79. The number of hydrazine groups is 1. The van der Waals surface area contributed by atoms with Gasteiger partial charge >= 0.3 is 5.91 Å². The standard InChI is InChI=1S/C27H25N5O3S/c1-17-13-20(12-11-19-9-6-10-21(14-19)34-2)24-23(25(17)36)32(16-35-24)31-27(33)26-28-22(29-30-26)15-18-7-4-3-5-8-18/h3-10,13-14,17,25,36H,15-16H2,1-2H3,(H,31,33)(H,28,29,30)/t17-,25-/m0/s1. The van der Waals surface area contributed by atoms with Crippen LogP contribution in [-0.4, -0.2) is 45.2 Å². The van der Waals surface area contributed by atoms with Gasteiger partial charge in [-0.2, -0.15) is 12.6 Å². The number of allylic oxidation sites excluding steroid dienone is 2. The molecule has 9 heteroatoms. The number of methoxy groups -OCH3 is 1. The minimum atomic E-state index is -0.435. The fourth-order valence-corrected chi connectivity index (χ4v) is 4.40. The molecule has 0 saturated heterocycles. The SMILES string of the molecule is COc1cccc(C#CC2=C[C@H](C)[C@H](S)C3=C2OCN3NC(=O)c2n[nH]c(Cc3ccccc3)n2)c1. The average molecular weight is 500 g/mol. The molecule has 2 heterocycles. The van der Waals surface area contributed by atoms with Gasteiger partial charge in [-0.3, -0.25) is 15.3 Å². The van der Waals surface area contributed by atoms with E-state index in [4.69, 9.17) is 22.1 Å². The lowest BCUT2D eigenvalue weighted by Crippen LogP contribution is -2.43. The summed E-state index contributed by atoms with van der Waals surface area (Å²) in [5, 5.41) is 8.41. The Morgan fingerprint density at radius 2 is 2.08 bits per heavy atom. The predicted molar refractivity (Wildman–Crippen MR) is 138 cm³/mol. The van der Waals surface area contributed by atoms with Crippen molar-refractivity contribution in [1.82, 2.24) is 25.6 Å². The fourth-order valence-electron chi connectivity index (χ4n) is 4.05. The van der Waals surface area contributed by atoms with E-state index in [9.17, 15) is 4.79 Å². The molecule has 2 aliphatic rings. The predicted octanol–water partition coefficient (Wildman–Crippen LogP) is 3.48. The number of rotatable bonds is 5. The molecule has 0 radical (unpaired) electrons. The highest BCUT2D eigenvalue weighted by Crippen LogP contribution is 2.38. The van der Waals surface area contributed by atoms with E-state index in [-0.39, 0.29) is 23.7 Å². The van der Waals surface area contributed by atoms with Crippen LogP contribution in [0.2, 0.25) is 0 Å². The second-order valence-corrected chi connectivity index (χ2v) is 9.05. The van der Waals surface area contributed by atoms with Crippen molar-refractivity contribution in [3.05, 3.63) is 100 Å². The van der Waals surface area contributed by atoms with E-state index in [2.05, 4.69) is 39.4 Å². The van der Waals surface area contributed by atoms with Crippen LogP contribution >= 0.6 is 12.6 Å². The van der Waals surface area contributed by atoms with Crippen LogP contribution in [0, 0.1) is 17.8 Å².